The molecule has 1 aromatic carbocycles. The Balaban J connectivity index is 2.70. The molecule has 3 heteroatoms. The lowest BCUT2D eigenvalue weighted by Gasteiger charge is -2.14. The molecular weight excluding hydrogens is 202 g/mol. The van der Waals surface area contributed by atoms with Crippen molar-refractivity contribution in [1.29, 1.82) is 0 Å². The van der Waals surface area contributed by atoms with Crippen LogP contribution >= 0.6 is 0 Å². The summed E-state index contributed by atoms with van der Waals surface area (Å²) in [6, 6.07) is 7.80. The fourth-order valence-electron chi connectivity index (χ4n) is 1.64. The number of hydrogen-bond donors (Lipinski definition) is 1. The second-order valence-corrected chi connectivity index (χ2v) is 3.91. The molecule has 0 bridgehead atoms. The molecule has 0 aromatic heterocycles. The lowest BCUT2D eigenvalue weighted by molar-refractivity contribution is 0.0601. The Morgan fingerprint density at radius 2 is 2.25 bits per heavy atom. The number of anilines is 1. The van der Waals surface area contributed by atoms with Gasteiger partial charge in [-0.3, -0.25) is 0 Å². The first kappa shape index (κ1) is 12.6. The van der Waals surface area contributed by atoms with E-state index in [0.717, 1.165) is 18.5 Å². The van der Waals surface area contributed by atoms with Crippen molar-refractivity contribution in [2.45, 2.75) is 32.7 Å². The molecule has 3 nitrogen and oxygen atoms in total. The second kappa shape index (κ2) is 6.16. The maximum atomic E-state index is 11.3. The quantitative estimate of drug-likeness (QED) is 0.776. The van der Waals surface area contributed by atoms with E-state index in [1.165, 1.54) is 7.11 Å². The van der Waals surface area contributed by atoms with Crippen LogP contribution in [0.4, 0.5) is 5.69 Å². The highest BCUT2D eigenvalue weighted by Gasteiger charge is 2.06. The predicted octanol–water partition coefficient (Wildman–Crippen LogP) is 3.07. The van der Waals surface area contributed by atoms with Gasteiger partial charge in [0.15, 0.2) is 0 Å². The molecule has 0 aliphatic carbocycles. The maximum absolute atomic E-state index is 11.3. The van der Waals surface area contributed by atoms with Gasteiger partial charge < -0.3 is 10.1 Å². The van der Waals surface area contributed by atoms with Crippen LogP contribution in [0.25, 0.3) is 0 Å². The zero-order valence-corrected chi connectivity index (χ0v) is 10.1. The highest BCUT2D eigenvalue weighted by atomic mass is 16.5. The van der Waals surface area contributed by atoms with E-state index < -0.39 is 0 Å². The van der Waals surface area contributed by atoms with E-state index in [1.54, 1.807) is 6.07 Å². The standard InChI is InChI=1S/C13H19NO2/c1-4-6-10(2)14-12-8-5-7-11(9-12)13(15)16-3/h5,7-10,14H,4,6H2,1-3H3. The van der Waals surface area contributed by atoms with Crippen LogP contribution in [0.2, 0.25) is 0 Å². The molecule has 0 saturated heterocycles. The topological polar surface area (TPSA) is 38.3 Å². The van der Waals surface area contributed by atoms with Crippen molar-refractivity contribution in [1.82, 2.24) is 0 Å². The van der Waals surface area contributed by atoms with Gasteiger partial charge >= 0.3 is 5.97 Å². The first-order valence-electron chi connectivity index (χ1n) is 5.62. The Kier molecular flexibility index (Phi) is 4.83. The van der Waals surface area contributed by atoms with E-state index in [-0.39, 0.29) is 5.97 Å². The highest BCUT2D eigenvalue weighted by molar-refractivity contribution is 5.90. The summed E-state index contributed by atoms with van der Waals surface area (Å²) in [5, 5.41) is 3.35. The third-order valence-electron chi connectivity index (χ3n) is 2.42. The Labute approximate surface area is 96.8 Å². The summed E-state index contributed by atoms with van der Waals surface area (Å²) in [5.41, 5.74) is 1.54. The average Bonchev–Trinajstić information content (AvgIpc) is 2.28. The average molecular weight is 221 g/mol. The molecule has 16 heavy (non-hydrogen) atoms. The van der Waals surface area contributed by atoms with Gasteiger partial charge in [0.25, 0.3) is 0 Å². The van der Waals surface area contributed by atoms with Gasteiger partial charge in [-0.15, -0.1) is 0 Å². The zero-order valence-electron chi connectivity index (χ0n) is 10.1. The highest BCUT2D eigenvalue weighted by Crippen LogP contribution is 2.13. The van der Waals surface area contributed by atoms with E-state index >= 15 is 0 Å². The Morgan fingerprint density at radius 1 is 1.50 bits per heavy atom. The predicted molar refractivity (Wildman–Crippen MR) is 65.8 cm³/mol. The van der Waals surface area contributed by atoms with Crippen LogP contribution in [-0.2, 0) is 4.74 Å². The monoisotopic (exact) mass is 221 g/mol. The number of hydrogen-bond acceptors (Lipinski definition) is 3. The van der Waals surface area contributed by atoms with Crippen LogP contribution in [-0.4, -0.2) is 19.1 Å². The van der Waals surface area contributed by atoms with Gasteiger partial charge in [0.2, 0.25) is 0 Å². The van der Waals surface area contributed by atoms with Crippen LogP contribution in [0, 0.1) is 0 Å². The lowest BCUT2D eigenvalue weighted by Crippen LogP contribution is -2.14. The van der Waals surface area contributed by atoms with E-state index in [4.69, 9.17) is 0 Å². The third-order valence-corrected chi connectivity index (χ3v) is 2.42. The normalized spacial score (nSPS) is 11.9. The second-order valence-electron chi connectivity index (χ2n) is 3.91. The van der Waals surface area contributed by atoms with Crippen LogP contribution < -0.4 is 5.32 Å². The van der Waals surface area contributed by atoms with Crippen molar-refractivity contribution in [2.24, 2.45) is 0 Å². The summed E-state index contributed by atoms with van der Waals surface area (Å²) in [7, 11) is 1.39. The maximum Gasteiger partial charge on any atom is 0.337 e. The Hall–Kier alpha value is -1.51. The minimum absolute atomic E-state index is 0.299. The van der Waals surface area contributed by atoms with Crippen molar-refractivity contribution in [3.8, 4) is 0 Å². The minimum atomic E-state index is -0.299. The molecule has 0 aliphatic heterocycles. The van der Waals surface area contributed by atoms with Gasteiger partial charge in [0.05, 0.1) is 12.7 Å². The van der Waals surface area contributed by atoms with Crippen LogP contribution in [0.1, 0.15) is 37.0 Å². The summed E-state index contributed by atoms with van der Waals surface area (Å²) in [5.74, 6) is -0.299. The number of ether oxygens (including phenoxy) is 1. The molecule has 88 valence electrons. The summed E-state index contributed by atoms with van der Waals surface area (Å²) < 4.78 is 4.68. The smallest absolute Gasteiger partial charge is 0.337 e. The van der Waals surface area contributed by atoms with Gasteiger partial charge in [-0.2, -0.15) is 0 Å². The fourth-order valence-corrected chi connectivity index (χ4v) is 1.64. The number of methoxy groups -OCH3 is 1. The molecule has 1 unspecified atom stereocenters. The SMILES string of the molecule is CCCC(C)Nc1cccc(C(=O)OC)c1. The van der Waals surface area contributed by atoms with E-state index in [9.17, 15) is 4.79 Å². The molecule has 0 heterocycles. The molecule has 1 N–H and O–H groups in total. The van der Waals surface area contributed by atoms with Gasteiger partial charge in [-0.25, -0.2) is 4.79 Å². The van der Waals surface area contributed by atoms with E-state index in [1.807, 2.05) is 18.2 Å². The van der Waals surface area contributed by atoms with Crippen molar-refractivity contribution >= 4 is 11.7 Å². The first-order valence-corrected chi connectivity index (χ1v) is 5.62. The molecule has 0 spiro atoms. The molecule has 1 atom stereocenters. The van der Waals surface area contributed by atoms with Crippen molar-refractivity contribution in [3.05, 3.63) is 29.8 Å². The molecule has 0 saturated carbocycles. The molecule has 0 radical (unpaired) electrons. The number of rotatable bonds is 5. The zero-order chi connectivity index (χ0) is 12.0. The van der Waals surface area contributed by atoms with Crippen LogP contribution in [0.5, 0.6) is 0 Å². The lowest BCUT2D eigenvalue weighted by atomic mass is 10.1. The molecule has 1 rings (SSSR count). The number of nitrogens with one attached hydrogen (secondary N) is 1. The number of esters is 1. The van der Waals surface area contributed by atoms with Gasteiger partial charge in [0, 0.05) is 11.7 Å². The molecule has 0 aliphatic rings. The fraction of sp³-hybridized carbons (Fsp3) is 0.462. The molecule has 0 amide bonds. The first-order chi connectivity index (χ1) is 7.67. The minimum Gasteiger partial charge on any atom is -0.465 e. The van der Waals surface area contributed by atoms with Crippen LogP contribution in [0.3, 0.4) is 0 Å². The Morgan fingerprint density at radius 3 is 2.88 bits per heavy atom. The Bertz CT molecular complexity index is 350. The summed E-state index contributed by atoms with van der Waals surface area (Å²) in [6.07, 6.45) is 2.26. The molecular formula is C13H19NO2. The van der Waals surface area contributed by atoms with Crippen molar-refractivity contribution in [3.63, 3.8) is 0 Å². The summed E-state index contributed by atoms with van der Waals surface area (Å²) >= 11 is 0. The van der Waals surface area contributed by atoms with Gasteiger partial charge in [-0.1, -0.05) is 19.4 Å². The van der Waals surface area contributed by atoms with Crippen molar-refractivity contribution < 1.29 is 9.53 Å². The van der Waals surface area contributed by atoms with Crippen LogP contribution in [0.15, 0.2) is 24.3 Å². The van der Waals surface area contributed by atoms with E-state index in [0.29, 0.717) is 11.6 Å². The largest absolute Gasteiger partial charge is 0.465 e. The van der Waals surface area contributed by atoms with Gasteiger partial charge in [-0.05, 0) is 31.5 Å². The van der Waals surface area contributed by atoms with Crippen molar-refractivity contribution in [2.75, 3.05) is 12.4 Å². The summed E-state index contributed by atoms with van der Waals surface area (Å²) in [6.45, 7) is 4.29. The van der Waals surface area contributed by atoms with E-state index in [2.05, 4.69) is 23.9 Å². The number of benzene rings is 1. The van der Waals surface area contributed by atoms with Gasteiger partial charge in [0.1, 0.15) is 0 Å². The number of carbonyl (C=O) groups excluding carboxylic acids is 1. The molecule has 0 fully saturated rings. The molecule has 1 aromatic rings. The third kappa shape index (κ3) is 3.57. The summed E-state index contributed by atoms with van der Waals surface area (Å²) in [4.78, 5) is 11.3. The number of carbonyl (C=O) groups is 1.